The Kier molecular flexibility index (Phi) is 5.60. The monoisotopic (exact) mass is 323 g/mol. The zero-order valence-electron chi connectivity index (χ0n) is 14.9. The van der Waals surface area contributed by atoms with Gasteiger partial charge >= 0.3 is 0 Å². The quantitative estimate of drug-likeness (QED) is 0.771. The largest absolute Gasteiger partial charge is 0.375 e. The summed E-state index contributed by atoms with van der Waals surface area (Å²) in [6.45, 7) is 11.5. The summed E-state index contributed by atoms with van der Waals surface area (Å²) < 4.78 is 5.77. The fourth-order valence-corrected chi connectivity index (χ4v) is 3.88. The number of rotatable bonds is 7. The zero-order valence-corrected chi connectivity index (χ0v) is 14.9. The number of nitrogens with zero attached hydrogens (tertiary/aromatic N) is 2. The predicted molar refractivity (Wildman–Crippen MR) is 91.4 cm³/mol. The summed E-state index contributed by atoms with van der Waals surface area (Å²) in [5, 5.41) is 3.19. The zero-order chi connectivity index (χ0) is 16.3. The van der Waals surface area contributed by atoms with E-state index in [0.717, 1.165) is 26.2 Å². The third kappa shape index (κ3) is 4.91. The Morgan fingerprint density at radius 2 is 2.00 bits per heavy atom. The van der Waals surface area contributed by atoms with Crippen LogP contribution < -0.4 is 5.32 Å². The molecule has 1 saturated carbocycles. The molecule has 0 bridgehead atoms. The van der Waals surface area contributed by atoms with Crippen LogP contribution >= 0.6 is 0 Å². The van der Waals surface area contributed by atoms with E-state index in [4.69, 9.17) is 4.74 Å². The Hall–Kier alpha value is -0.650. The molecular weight excluding hydrogens is 290 g/mol. The van der Waals surface area contributed by atoms with Crippen LogP contribution in [0.3, 0.4) is 0 Å². The normalized spacial score (nSPS) is 28.2. The van der Waals surface area contributed by atoms with Crippen molar-refractivity contribution in [2.75, 3.05) is 45.9 Å². The topological polar surface area (TPSA) is 44.8 Å². The number of nitrogens with one attached hydrogen (secondary N) is 1. The van der Waals surface area contributed by atoms with E-state index in [9.17, 15) is 4.79 Å². The van der Waals surface area contributed by atoms with E-state index < -0.39 is 0 Å². The fourth-order valence-electron chi connectivity index (χ4n) is 3.88. The van der Waals surface area contributed by atoms with Gasteiger partial charge in [-0.1, -0.05) is 0 Å². The molecule has 0 aromatic rings. The molecule has 132 valence electrons. The number of hydrogen-bond donors (Lipinski definition) is 1. The summed E-state index contributed by atoms with van der Waals surface area (Å²) in [5.74, 6) is 0.160. The first-order chi connectivity index (χ1) is 11.1. The third-order valence-corrected chi connectivity index (χ3v) is 5.69. The number of carbonyl (C=O) groups excluding carboxylic acids is 1. The molecule has 1 N–H and O–H groups in total. The van der Waals surface area contributed by atoms with Gasteiger partial charge in [0, 0.05) is 37.6 Å². The molecule has 0 spiro atoms. The first-order valence-electron chi connectivity index (χ1n) is 9.41. The Morgan fingerprint density at radius 3 is 2.65 bits per heavy atom. The van der Waals surface area contributed by atoms with Gasteiger partial charge in [0.1, 0.15) is 0 Å². The van der Waals surface area contributed by atoms with Gasteiger partial charge < -0.3 is 15.0 Å². The van der Waals surface area contributed by atoms with Crippen LogP contribution in [-0.4, -0.2) is 73.7 Å². The second-order valence-corrected chi connectivity index (χ2v) is 8.05. The van der Waals surface area contributed by atoms with Crippen molar-refractivity contribution in [3.63, 3.8) is 0 Å². The highest BCUT2D eigenvalue weighted by molar-refractivity contribution is 5.76. The molecule has 1 unspecified atom stereocenters. The van der Waals surface area contributed by atoms with Gasteiger partial charge in [-0.05, 0) is 52.6 Å². The smallest absolute Gasteiger partial charge is 0.222 e. The van der Waals surface area contributed by atoms with Crippen LogP contribution in [0.4, 0.5) is 0 Å². The van der Waals surface area contributed by atoms with Crippen LogP contribution in [-0.2, 0) is 9.53 Å². The lowest BCUT2D eigenvalue weighted by Crippen LogP contribution is -2.47. The van der Waals surface area contributed by atoms with Crippen molar-refractivity contribution in [1.82, 2.24) is 15.1 Å². The second kappa shape index (κ2) is 7.49. The average molecular weight is 323 g/mol. The second-order valence-electron chi connectivity index (χ2n) is 8.05. The standard InChI is InChI=1S/C18H33N3O2/c1-15(2)21-9-10-23-16(12-21)11-17(22)19-13-18(5-6-18)14-20-7-3-4-8-20/h15-16H,3-14H2,1-2H3,(H,19,22). The van der Waals surface area contributed by atoms with Crippen molar-refractivity contribution < 1.29 is 9.53 Å². The van der Waals surface area contributed by atoms with Gasteiger partial charge in [0.15, 0.2) is 0 Å². The summed E-state index contributed by atoms with van der Waals surface area (Å²) in [4.78, 5) is 17.2. The minimum absolute atomic E-state index is 0.0554. The maximum Gasteiger partial charge on any atom is 0.222 e. The van der Waals surface area contributed by atoms with Crippen molar-refractivity contribution in [2.24, 2.45) is 5.41 Å². The SMILES string of the molecule is CC(C)N1CCOC(CC(=O)NCC2(CN3CCCC3)CC2)C1. The molecule has 5 heteroatoms. The molecule has 1 atom stereocenters. The summed E-state index contributed by atoms with van der Waals surface area (Å²) in [5.41, 5.74) is 0.372. The maximum atomic E-state index is 12.3. The van der Waals surface area contributed by atoms with Crippen molar-refractivity contribution in [1.29, 1.82) is 0 Å². The first-order valence-corrected chi connectivity index (χ1v) is 9.41. The van der Waals surface area contributed by atoms with E-state index in [0.29, 0.717) is 17.9 Å². The highest BCUT2D eigenvalue weighted by Gasteiger charge is 2.44. The van der Waals surface area contributed by atoms with Crippen molar-refractivity contribution in [2.45, 2.75) is 58.1 Å². The summed E-state index contributed by atoms with van der Waals surface area (Å²) in [6.07, 6.45) is 5.78. The lowest BCUT2D eigenvalue weighted by atomic mass is 10.1. The Bertz CT molecular complexity index is 403. The van der Waals surface area contributed by atoms with E-state index in [2.05, 4.69) is 29.0 Å². The predicted octanol–water partition coefficient (Wildman–Crippen LogP) is 1.48. The summed E-state index contributed by atoms with van der Waals surface area (Å²) in [7, 11) is 0. The number of morpholine rings is 1. The molecule has 1 aliphatic carbocycles. The van der Waals surface area contributed by atoms with Crippen LogP contribution in [0.15, 0.2) is 0 Å². The molecule has 3 fully saturated rings. The van der Waals surface area contributed by atoms with Crippen molar-refractivity contribution in [3.05, 3.63) is 0 Å². The number of ether oxygens (including phenoxy) is 1. The Morgan fingerprint density at radius 1 is 1.26 bits per heavy atom. The summed E-state index contributed by atoms with van der Waals surface area (Å²) >= 11 is 0. The van der Waals surface area contributed by atoms with E-state index in [1.165, 1.54) is 45.3 Å². The van der Waals surface area contributed by atoms with Gasteiger partial charge in [0.25, 0.3) is 0 Å². The van der Waals surface area contributed by atoms with E-state index >= 15 is 0 Å². The molecule has 2 saturated heterocycles. The lowest BCUT2D eigenvalue weighted by molar-refractivity contribution is -0.126. The molecule has 0 radical (unpaired) electrons. The van der Waals surface area contributed by atoms with Crippen LogP contribution in [0.1, 0.15) is 46.0 Å². The van der Waals surface area contributed by atoms with Gasteiger partial charge in [0.2, 0.25) is 5.91 Å². The molecule has 0 aromatic carbocycles. The van der Waals surface area contributed by atoms with Gasteiger partial charge in [0.05, 0.1) is 19.1 Å². The third-order valence-electron chi connectivity index (χ3n) is 5.69. The molecular formula is C18H33N3O2. The average Bonchev–Trinajstić information content (AvgIpc) is 3.10. The molecule has 3 rings (SSSR count). The Labute approximate surface area is 140 Å². The fraction of sp³-hybridized carbons (Fsp3) is 0.944. The molecule has 5 nitrogen and oxygen atoms in total. The number of amides is 1. The van der Waals surface area contributed by atoms with Crippen LogP contribution in [0.5, 0.6) is 0 Å². The van der Waals surface area contributed by atoms with Gasteiger partial charge in [-0.15, -0.1) is 0 Å². The van der Waals surface area contributed by atoms with Crippen molar-refractivity contribution >= 4 is 5.91 Å². The van der Waals surface area contributed by atoms with Gasteiger partial charge in [-0.25, -0.2) is 0 Å². The van der Waals surface area contributed by atoms with Gasteiger partial charge in [-0.3, -0.25) is 9.69 Å². The van der Waals surface area contributed by atoms with E-state index in [-0.39, 0.29) is 12.0 Å². The molecule has 2 heterocycles. The highest BCUT2D eigenvalue weighted by atomic mass is 16.5. The molecule has 3 aliphatic rings. The summed E-state index contributed by atoms with van der Waals surface area (Å²) in [6, 6.07) is 0.527. The minimum Gasteiger partial charge on any atom is -0.375 e. The molecule has 0 aromatic heterocycles. The molecule has 23 heavy (non-hydrogen) atoms. The molecule has 2 aliphatic heterocycles. The minimum atomic E-state index is 0.0554. The van der Waals surface area contributed by atoms with Crippen LogP contribution in [0.2, 0.25) is 0 Å². The Balaban J connectivity index is 1.37. The van der Waals surface area contributed by atoms with Crippen LogP contribution in [0.25, 0.3) is 0 Å². The number of carbonyl (C=O) groups is 1. The molecule has 1 amide bonds. The maximum absolute atomic E-state index is 12.3. The number of likely N-dealkylation sites (tertiary alicyclic amines) is 1. The number of hydrogen-bond acceptors (Lipinski definition) is 4. The van der Waals surface area contributed by atoms with E-state index in [1.54, 1.807) is 0 Å². The first kappa shape index (κ1) is 17.2. The van der Waals surface area contributed by atoms with E-state index in [1.807, 2.05) is 0 Å². The van der Waals surface area contributed by atoms with Crippen molar-refractivity contribution in [3.8, 4) is 0 Å². The lowest BCUT2D eigenvalue weighted by Gasteiger charge is -2.35. The van der Waals surface area contributed by atoms with Crippen LogP contribution in [0, 0.1) is 5.41 Å². The highest BCUT2D eigenvalue weighted by Crippen LogP contribution is 2.46. The van der Waals surface area contributed by atoms with Gasteiger partial charge in [-0.2, -0.15) is 0 Å².